The SMILES string of the molecule is CC(=O)N(C)c1ccc(NCC(=O)Nc2cccc(OCC(C)C)c2)cc1. The molecule has 0 bridgehead atoms. The van der Waals surface area contributed by atoms with E-state index in [0.29, 0.717) is 18.2 Å². The molecule has 0 aliphatic heterocycles. The Bertz CT molecular complexity index is 772. The quantitative estimate of drug-likeness (QED) is 0.743. The van der Waals surface area contributed by atoms with E-state index in [1.807, 2.05) is 48.5 Å². The van der Waals surface area contributed by atoms with Crippen LogP contribution in [0.3, 0.4) is 0 Å². The van der Waals surface area contributed by atoms with Gasteiger partial charge in [0.05, 0.1) is 13.2 Å². The second kappa shape index (κ2) is 9.62. The summed E-state index contributed by atoms with van der Waals surface area (Å²) in [4.78, 5) is 25.1. The topological polar surface area (TPSA) is 70.7 Å². The van der Waals surface area contributed by atoms with Crippen LogP contribution in [-0.4, -0.2) is 32.0 Å². The van der Waals surface area contributed by atoms with Gasteiger partial charge in [0.25, 0.3) is 0 Å². The molecule has 6 heteroatoms. The highest BCUT2D eigenvalue weighted by molar-refractivity contribution is 5.94. The minimum absolute atomic E-state index is 0.0327. The molecule has 2 N–H and O–H groups in total. The predicted molar refractivity (Wildman–Crippen MR) is 109 cm³/mol. The number of nitrogens with one attached hydrogen (secondary N) is 2. The predicted octanol–water partition coefficient (Wildman–Crippen LogP) is 3.75. The molecule has 2 amide bonds. The van der Waals surface area contributed by atoms with Crippen molar-refractivity contribution in [2.24, 2.45) is 5.92 Å². The highest BCUT2D eigenvalue weighted by atomic mass is 16.5. The normalized spacial score (nSPS) is 10.4. The smallest absolute Gasteiger partial charge is 0.243 e. The van der Waals surface area contributed by atoms with E-state index < -0.39 is 0 Å². The highest BCUT2D eigenvalue weighted by Crippen LogP contribution is 2.19. The molecule has 0 saturated carbocycles. The van der Waals surface area contributed by atoms with Crippen molar-refractivity contribution in [3.05, 3.63) is 48.5 Å². The summed E-state index contributed by atoms with van der Waals surface area (Å²) in [6.45, 7) is 6.45. The van der Waals surface area contributed by atoms with Crippen LogP contribution in [-0.2, 0) is 9.59 Å². The number of rotatable bonds is 8. The first-order valence-corrected chi connectivity index (χ1v) is 8.96. The lowest BCUT2D eigenvalue weighted by Gasteiger charge is -2.15. The Balaban J connectivity index is 1.85. The van der Waals surface area contributed by atoms with Crippen molar-refractivity contribution in [2.45, 2.75) is 20.8 Å². The number of carbonyl (C=O) groups excluding carboxylic acids is 2. The molecule has 144 valence electrons. The highest BCUT2D eigenvalue weighted by Gasteiger charge is 2.07. The summed E-state index contributed by atoms with van der Waals surface area (Å²) in [6.07, 6.45) is 0. The van der Waals surface area contributed by atoms with Crippen LogP contribution in [0.1, 0.15) is 20.8 Å². The second-order valence-corrected chi connectivity index (χ2v) is 6.76. The molecule has 0 aliphatic rings. The fourth-order valence-electron chi connectivity index (χ4n) is 2.30. The van der Waals surface area contributed by atoms with E-state index in [4.69, 9.17) is 4.74 Å². The van der Waals surface area contributed by atoms with Crippen LogP contribution in [0.4, 0.5) is 17.1 Å². The molecule has 6 nitrogen and oxygen atoms in total. The first kappa shape index (κ1) is 20.3. The Hall–Kier alpha value is -3.02. The number of nitrogens with zero attached hydrogens (tertiary/aromatic N) is 1. The molecule has 0 fully saturated rings. The molecule has 0 aliphatic carbocycles. The molecular formula is C21H27N3O3. The van der Waals surface area contributed by atoms with E-state index >= 15 is 0 Å². The van der Waals surface area contributed by atoms with E-state index in [-0.39, 0.29) is 18.4 Å². The number of hydrogen-bond donors (Lipinski definition) is 2. The Labute approximate surface area is 160 Å². The average molecular weight is 369 g/mol. The van der Waals surface area contributed by atoms with E-state index in [0.717, 1.165) is 17.1 Å². The summed E-state index contributed by atoms with van der Waals surface area (Å²) in [5, 5.41) is 5.92. The van der Waals surface area contributed by atoms with Gasteiger partial charge in [-0.3, -0.25) is 9.59 Å². The maximum absolute atomic E-state index is 12.2. The average Bonchev–Trinajstić information content (AvgIpc) is 2.65. The van der Waals surface area contributed by atoms with Gasteiger partial charge >= 0.3 is 0 Å². The van der Waals surface area contributed by atoms with Crippen LogP contribution in [0.5, 0.6) is 5.75 Å². The number of benzene rings is 2. The third-order valence-electron chi connectivity index (χ3n) is 3.88. The minimum atomic E-state index is -0.152. The number of ether oxygens (including phenoxy) is 1. The molecule has 0 spiro atoms. The number of carbonyl (C=O) groups is 2. The second-order valence-electron chi connectivity index (χ2n) is 6.76. The fourth-order valence-corrected chi connectivity index (χ4v) is 2.30. The van der Waals surface area contributed by atoms with Crippen molar-refractivity contribution in [3.63, 3.8) is 0 Å². The van der Waals surface area contributed by atoms with Crippen molar-refractivity contribution in [1.82, 2.24) is 0 Å². The van der Waals surface area contributed by atoms with Gasteiger partial charge in [0.15, 0.2) is 0 Å². The van der Waals surface area contributed by atoms with Gasteiger partial charge in [-0.05, 0) is 42.3 Å². The van der Waals surface area contributed by atoms with Crippen LogP contribution in [0.2, 0.25) is 0 Å². The molecule has 0 unspecified atom stereocenters. The third-order valence-corrected chi connectivity index (χ3v) is 3.88. The van der Waals surface area contributed by atoms with Crippen molar-refractivity contribution >= 4 is 28.9 Å². The van der Waals surface area contributed by atoms with Crippen LogP contribution >= 0.6 is 0 Å². The summed E-state index contributed by atoms with van der Waals surface area (Å²) in [6, 6.07) is 14.7. The summed E-state index contributed by atoms with van der Waals surface area (Å²) in [5.74, 6) is 0.990. The molecule has 0 aromatic heterocycles. The lowest BCUT2D eigenvalue weighted by molar-refractivity contribution is -0.116. The molecule has 2 aromatic carbocycles. The van der Waals surface area contributed by atoms with E-state index in [9.17, 15) is 9.59 Å². The molecular weight excluding hydrogens is 342 g/mol. The van der Waals surface area contributed by atoms with E-state index in [2.05, 4.69) is 24.5 Å². The van der Waals surface area contributed by atoms with Gasteiger partial charge in [0.1, 0.15) is 5.75 Å². The van der Waals surface area contributed by atoms with Crippen molar-refractivity contribution in [3.8, 4) is 5.75 Å². The Morgan fingerprint density at radius 3 is 2.41 bits per heavy atom. The van der Waals surface area contributed by atoms with Gasteiger partial charge in [0.2, 0.25) is 11.8 Å². The number of hydrogen-bond acceptors (Lipinski definition) is 4. The van der Waals surface area contributed by atoms with Gasteiger partial charge in [-0.2, -0.15) is 0 Å². The van der Waals surface area contributed by atoms with Gasteiger partial charge in [-0.15, -0.1) is 0 Å². The first-order valence-electron chi connectivity index (χ1n) is 8.96. The molecule has 0 atom stereocenters. The lowest BCUT2D eigenvalue weighted by atomic mass is 10.2. The molecule has 2 rings (SSSR count). The molecule has 2 aromatic rings. The van der Waals surface area contributed by atoms with Crippen LogP contribution < -0.4 is 20.3 Å². The summed E-state index contributed by atoms with van der Waals surface area (Å²) in [7, 11) is 1.72. The Morgan fingerprint density at radius 1 is 1.07 bits per heavy atom. The molecule has 27 heavy (non-hydrogen) atoms. The van der Waals surface area contributed by atoms with Crippen molar-refractivity contribution in [2.75, 3.05) is 35.7 Å². The van der Waals surface area contributed by atoms with Crippen molar-refractivity contribution in [1.29, 1.82) is 0 Å². The van der Waals surface area contributed by atoms with Gasteiger partial charge in [-0.25, -0.2) is 0 Å². The zero-order chi connectivity index (χ0) is 19.8. The third kappa shape index (κ3) is 6.66. The first-order chi connectivity index (χ1) is 12.8. The monoisotopic (exact) mass is 369 g/mol. The van der Waals surface area contributed by atoms with Gasteiger partial charge < -0.3 is 20.3 Å². The molecule has 0 radical (unpaired) electrons. The number of anilines is 3. The Morgan fingerprint density at radius 2 is 1.78 bits per heavy atom. The molecule has 0 saturated heterocycles. The Kier molecular flexibility index (Phi) is 7.23. The fraction of sp³-hybridized carbons (Fsp3) is 0.333. The zero-order valence-corrected chi connectivity index (χ0v) is 16.3. The zero-order valence-electron chi connectivity index (χ0n) is 16.3. The number of amides is 2. The standard InChI is InChI=1S/C21H27N3O3/c1-15(2)14-27-20-7-5-6-18(12-20)23-21(26)13-22-17-8-10-19(11-9-17)24(4)16(3)25/h5-12,15,22H,13-14H2,1-4H3,(H,23,26). The van der Waals surface area contributed by atoms with Crippen LogP contribution in [0.15, 0.2) is 48.5 Å². The van der Waals surface area contributed by atoms with E-state index in [1.54, 1.807) is 11.9 Å². The van der Waals surface area contributed by atoms with Gasteiger partial charge in [0, 0.05) is 37.1 Å². The summed E-state index contributed by atoms with van der Waals surface area (Å²) >= 11 is 0. The lowest BCUT2D eigenvalue weighted by Crippen LogP contribution is -2.23. The largest absolute Gasteiger partial charge is 0.493 e. The molecule has 0 heterocycles. The summed E-state index contributed by atoms with van der Waals surface area (Å²) in [5.41, 5.74) is 2.30. The van der Waals surface area contributed by atoms with Crippen molar-refractivity contribution < 1.29 is 14.3 Å². The van der Waals surface area contributed by atoms with Crippen LogP contribution in [0, 0.1) is 5.92 Å². The minimum Gasteiger partial charge on any atom is -0.493 e. The van der Waals surface area contributed by atoms with Gasteiger partial charge in [-0.1, -0.05) is 19.9 Å². The van der Waals surface area contributed by atoms with E-state index in [1.165, 1.54) is 6.92 Å². The summed E-state index contributed by atoms with van der Waals surface area (Å²) < 4.78 is 5.67. The maximum atomic E-state index is 12.2. The van der Waals surface area contributed by atoms with Crippen LogP contribution in [0.25, 0.3) is 0 Å². The maximum Gasteiger partial charge on any atom is 0.243 e.